The van der Waals surface area contributed by atoms with Gasteiger partial charge in [0.25, 0.3) is 0 Å². The minimum Gasteiger partial charge on any atom is -0.494 e. The van der Waals surface area contributed by atoms with E-state index < -0.39 is 17.4 Å². The first kappa shape index (κ1) is 28.8. The monoisotopic (exact) mass is 584 g/mol. The van der Waals surface area contributed by atoms with Crippen molar-refractivity contribution in [3.05, 3.63) is 95.5 Å². The molecule has 1 saturated heterocycles. The summed E-state index contributed by atoms with van der Waals surface area (Å²) in [6, 6.07) is 19.2. The smallest absolute Gasteiger partial charge is 0.335 e. The van der Waals surface area contributed by atoms with Gasteiger partial charge >= 0.3 is 5.97 Å². The Labute approximate surface area is 249 Å². The maximum atomic E-state index is 12.7. The fraction of sp³-hybridized carbons (Fsp3) is 0.250. The van der Waals surface area contributed by atoms with Crippen molar-refractivity contribution in [3.8, 4) is 17.1 Å². The largest absolute Gasteiger partial charge is 0.494 e. The van der Waals surface area contributed by atoms with Gasteiger partial charge in [-0.15, -0.1) is 0 Å². The highest BCUT2D eigenvalue weighted by Gasteiger charge is 2.43. The molecule has 0 saturated carbocycles. The summed E-state index contributed by atoms with van der Waals surface area (Å²) in [5, 5.41) is 16.2. The minimum absolute atomic E-state index is 0.130. The number of pyridine rings is 1. The molecule has 216 valence electrons. The molecule has 5 rings (SSSR count). The Morgan fingerprint density at radius 2 is 1.88 bits per heavy atom. The second kappa shape index (κ2) is 11.3. The summed E-state index contributed by atoms with van der Waals surface area (Å²) in [6.45, 7) is 7.39. The molecular weight excluding hydrogens is 552 g/mol. The van der Waals surface area contributed by atoms with Gasteiger partial charge in [-0.3, -0.25) is 9.78 Å². The number of anilines is 2. The predicted molar refractivity (Wildman–Crippen MR) is 165 cm³/mol. The van der Waals surface area contributed by atoms with Crippen molar-refractivity contribution in [2.75, 3.05) is 17.3 Å². The number of benzene rings is 2. The number of aromatic nitrogens is 1. The van der Waals surface area contributed by atoms with Crippen LogP contribution in [0.1, 0.15) is 60.2 Å². The van der Waals surface area contributed by atoms with E-state index in [0.717, 1.165) is 22.5 Å². The molecule has 9 nitrogen and oxygen atoms in total. The summed E-state index contributed by atoms with van der Waals surface area (Å²) in [5.74, 6) is 0.620. The quantitative estimate of drug-likeness (QED) is 0.209. The molecule has 2 atom stereocenters. The van der Waals surface area contributed by atoms with Gasteiger partial charge in [-0.2, -0.15) is 0 Å². The molecule has 0 bridgehead atoms. The Hall–Kier alpha value is -4.70. The Morgan fingerprint density at radius 3 is 2.52 bits per heavy atom. The Bertz CT molecular complexity index is 1660. The number of carboxylic acid groups (broad SMARTS) is 1. The highest BCUT2D eigenvalue weighted by atomic mass is 32.1. The Kier molecular flexibility index (Phi) is 7.74. The number of rotatable bonds is 7. The van der Waals surface area contributed by atoms with Gasteiger partial charge in [0.05, 0.1) is 30.1 Å². The molecule has 1 fully saturated rings. The van der Waals surface area contributed by atoms with Crippen molar-refractivity contribution in [1.29, 1.82) is 0 Å². The van der Waals surface area contributed by atoms with Crippen LogP contribution in [0.25, 0.3) is 11.3 Å². The third-order valence-electron chi connectivity index (χ3n) is 7.15. The van der Waals surface area contributed by atoms with E-state index in [4.69, 9.17) is 21.4 Å². The Balaban J connectivity index is 1.56. The number of carboxylic acids is 1. The van der Waals surface area contributed by atoms with E-state index in [-0.39, 0.29) is 17.5 Å². The van der Waals surface area contributed by atoms with Crippen LogP contribution >= 0.6 is 12.2 Å². The van der Waals surface area contributed by atoms with E-state index in [2.05, 4.69) is 15.6 Å². The van der Waals surface area contributed by atoms with E-state index in [1.54, 1.807) is 37.6 Å². The van der Waals surface area contributed by atoms with Crippen molar-refractivity contribution in [2.24, 2.45) is 5.41 Å². The summed E-state index contributed by atoms with van der Waals surface area (Å²) in [6.07, 6.45) is 1.73. The minimum atomic E-state index is -0.983. The number of aromatic carboxylic acids is 1. The van der Waals surface area contributed by atoms with Gasteiger partial charge in [0.15, 0.2) is 5.11 Å². The molecule has 3 heterocycles. The fourth-order valence-electron chi connectivity index (χ4n) is 4.89. The van der Waals surface area contributed by atoms with Gasteiger partial charge in [-0.25, -0.2) is 4.79 Å². The number of furan rings is 1. The second-order valence-corrected chi connectivity index (χ2v) is 11.5. The number of amides is 1. The van der Waals surface area contributed by atoms with E-state index in [0.29, 0.717) is 28.1 Å². The van der Waals surface area contributed by atoms with Crippen molar-refractivity contribution < 1.29 is 23.8 Å². The molecule has 3 N–H and O–H groups in total. The van der Waals surface area contributed by atoms with Gasteiger partial charge in [0.2, 0.25) is 5.91 Å². The molecule has 0 aliphatic carbocycles. The average molecular weight is 585 g/mol. The summed E-state index contributed by atoms with van der Waals surface area (Å²) >= 11 is 5.85. The molecule has 42 heavy (non-hydrogen) atoms. The highest BCUT2D eigenvalue weighted by Crippen LogP contribution is 2.44. The van der Waals surface area contributed by atoms with Crippen LogP contribution in [0.15, 0.2) is 77.3 Å². The van der Waals surface area contributed by atoms with Crippen molar-refractivity contribution >= 4 is 40.6 Å². The average Bonchev–Trinajstić information content (AvgIpc) is 3.57. The lowest BCUT2D eigenvalue weighted by Crippen LogP contribution is -2.30. The zero-order valence-corrected chi connectivity index (χ0v) is 24.8. The number of nitrogens with zero attached hydrogens (tertiary/aromatic N) is 2. The van der Waals surface area contributed by atoms with Crippen molar-refractivity contribution in [1.82, 2.24) is 10.3 Å². The van der Waals surface area contributed by atoms with Crippen LogP contribution in [-0.4, -0.2) is 34.2 Å². The molecule has 1 aliphatic heterocycles. The van der Waals surface area contributed by atoms with Crippen LogP contribution in [0, 0.1) is 12.3 Å². The maximum Gasteiger partial charge on any atom is 0.335 e. The van der Waals surface area contributed by atoms with E-state index >= 15 is 0 Å². The van der Waals surface area contributed by atoms with Gasteiger partial charge in [0, 0.05) is 28.9 Å². The Morgan fingerprint density at radius 1 is 1.10 bits per heavy atom. The molecule has 4 aromatic rings. The van der Waals surface area contributed by atoms with Crippen molar-refractivity contribution in [2.45, 2.75) is 39.8 Å². The number of nitrogens with one attached hydrogen (secondary N) is 2. The number of hydrogen-bond acceptors (Lipinski definition) is 6. The summed E-state index contributed by atoms with van der Waals surface area (Å²) < 4.78 is 12.1. The molecule has 0 radical (unpaired) electrons. The number of hydrogen-bond donors (Lipinski definition) is 3. The van der Waals surface area contributed by atoms with Crippen LogP contribution in [-0.2, 0) is 4.79 Å². The number of carbonyl (C=O) groups is 2. The van der Waals surface area contributed by atoms with E-state index in [1.165, 1.54) is 0 Å². The lowest BCUT2D eigenvalue weighted by Gasteiger charge is -2.27. The molecule has 10 heteroatoms. The molecule has 2 aromatic heterocycles. The lowest BCUT2D eigenvalue weighted by molar-refractivity contribution is -0.123. The van der Waals surface area contributed by atoms with Gasteiger partial charge in [0.1, 0.15) is 23.3 Å². The van der Waals surface area contributed by atoms with Crippen molar-refractivity contribution in [3.63, 3.8) is 0 Å². The summed E-state index contributed by atoms with van der Waals surface area (Å²) in [7, 11) is 1.55. The first-order valence-corrected chi connectivity index (χ1v) is 13.8. The zero-order valence-electron chi connectivity index (χ0n) is 24.0. The number of aryl methyl sites for hydroxylation is 1. The third kappa shape index (κ3) is 5.58. The molecule has 1 aliphatic rings. The normalized spacial score (nSPS) is 16.7. The van der Waals surface area contributed by atoms with Crippen LogP contribution in [0.2, 0.25) is 0 Å². The first-order chi connectivity index (χ1) is 20.0. The van der Waals surface area contributed by atoms with Gasteiger partial charge in [-0.1, -0.05) is 32.9 Å². The zero-order chi connectivity index (χ0) is 30.2. The first-order valence-electron chi connectivity index (χ1n) is 13.4. The number of thiocarbonyl (C=S) groups is 1. The standard InChI is InChI=1S/C32H32N4O5S/c1-18-16-19(29(37)38)9-11-21(18)24-13-14-25(41-24)28-27(23-8-6-7-15-33-23)35-31(42)36(28)20-10-12-22(26(17-20)40-5)34-30(39)32(2,3)4/h6-17,27-28H,1-5H3,(H,34,39)(H,35,42)(H,37,38)/t27-,28+/m0/s1. The van der Waals surface area contributed by atoms with Crippen LogP contribution in [0.5, 0.6) is 5.75 Å². The number of carbonyl (C=O) groups excluding carboxylic acids is 1. The SMILES string of the molecule is COc1cc(N2C(=S)N[C@@H](c3ccccn3)[C@H]2c2ccc(-c3ccc(C(=O)O)cc3C)o2)ccc1NC(=O)C(C)(C)C. The third-order valence-corrected chi connectivity index (χ3v) is 7.46. The predicted octanol–water partition coefficient (Wildman–Crippen LogP) is 6.52. The van der Waals surface area contributed by atoms with E-state index in [1.807, 2.05) is 75.1 Å². The molecule has 0 unspecified atom stereocenters. The van der Waals surface area contributed by atoms with Gasteiger partial charge < -0.3 is 29.8 Å². The molecular formula is C32H32N4O5S. The highest BCUT2D eigenvalue weighted by molar-refractivity contribution is 7.80. The maximum absolute atomic E-state index is 12.7. The number of methoxy groups -OCH3 is 1. The van der Waals surface area contributed by atoms with Gasteiger partial charge in [-0.05, 0) is 73.2 Å². The molecule has 2 aromatic carbocycles. The van der Waals surface area contributed by atoms with Crippen LogP contribution in [0.3, 0.4) is 0 Å². The molecule has 0 spiro atoms. The topological polar surface area (TPSA) is 117 Å². The second-order valence-electron chi connectivity index (χ2n) is 11.1. The van der Waals surface area contributed by atoms with Crippen LogP contribution < -0.4 is 20.3 Å². The van der Waals surface area contributed by atoms with E-state index in [9.17, 15) is 14.7 Å². The molecule has 1 amide bonds. The van der Waals surface area contributed by atoms with Crippen LogP contribution in [0.4, 0.5) is 11.4 Å². The number of ether oxygens (including phenoxy) is 1. The lowest BCUT2D eigenvalue weighted by atomic mass is 9.95. The summed E-state index contributed by atoms with van der Waals surface area (Å²) in [4.78, 5) is 30.6. The summed E-state index contributed by atoms with van der Waals surface area (Å²) in [5.41, 5.74) is 3.29. The fourth-order valence-corrected chi connectivity index (χ4v) is 5.24.